The van der Waals surface area contributed by atoms with Gasteiger partial charge in [-0.05, 0) is 0 Å². The van der Waals surface area contributed by atoms with Crippen LogP contribution in [-0.2, 0) is 4.74 Å². The van der Waals surface area contributed by atoms with Gasteiger partial charge in [0, 0.05) is 0 Å². The maximum absolute atomic E-state index is 6.17. The summed E-state index contributed by atoms with van der Waals surface area (Å²) in [6.07, 6.45) is 4.08. The van der Waals surface area contributed by atoms with Crippen molar-refractivity contribution >= 4 is 0 Å². The van der Waals surface area contributed by atoms with Gasteiger partial charge in [-0.2, -0.15) is 0 Å². The van der Waals surface area contributed by atoms with E-state index in [4.69, 9.17) is 4.74 Å². The molecule has 2 heteroatoms. The van der Waals surface area contributed by atoms with E-state index in [2.05, 4.69) is 48.5 Å². The van der Waals surface area contributed by atoms with Crippen LogP contribution in [0.2, 0.25) is 0 Å². The third-order valence-electron chi connectivity index (χ3n) is 4.65. The summed E-state index contributed by atoms with van der Waals surface area (Å²) in [6.45, 7) is 17.4. The second-order valence-electron chi connectivity index (χ2n) is 7.09. The number of hydrogen-bond donors (Lipinski definition) is 0. The molecule has 0 heterocycles. The van der Waals surface area contributed by atoms with Gasteiger partial charge in [-0.25, -0.2) is 0 Å². The first kappa shape index (κ1) is 17.5. The van der Waals surface area contributed by atoms with Crippen LogP contribution < -0.4 is 21.2 Å². The molecule has 1 nitrogen and oxygen atoms in total. The van der Waals surface area contributed by atoms with Gasteiger partial charge in [0.25, 0.3) is 0 Å². The van der Waals surface area contributed by atoms with Gasteiger partial charge >= 0.3 is 131 Å². The van der Waals surface area contributed by atoms with Gasteiger partial charge in [0.1, 0.15) is 0 Å². The van der Waals surface area contributed by atoms with Crippen LogP contribution in [0, 0.1) is 5.41 Å². The Kier molecular flexibility index (Phi) is 6.37. The average molecular weight is 379 g/mol. The van der Waals surface area contributed by atoms with Gasteiger partial charge in [-0.1, -0.05) is 0 Å². The molecule has 1 aliphatic rings. The first-order valence-corrected chi connectivity index (χ1v) is 10.2. The SMILES string of the molecule is CCC(C)(C)[I-]CCOC1CC(C)=C(C)C(C)(C)C1. The van der Waals surface area contributed by atoms with Crippen LogP contribution in [0.25, 0.3) is 0 Å². The predicted octanol–water partition coefficient (Wildman–Crippen LogP) is 1.81. The molecule has 0 fully saturated rings. The van der Waals surface area contributed by atoms with Gasteiger partial charge in [0.2, 0.25) is 0 Å². The van der Waals surface area contributed by atoms with Gasteiger partial charge in [-0.3, -0.25) is 0 Å². The van der Waals surface area contributed by atoms with Crippen molar-refractivity contribution in [1.29, 1.82) is 0 Å². The van der Waals surface area contributed by atoms with Crippen molar-refractivity contribution in [3.63, 3.8) is 0 Å². The van der Waals surface area contributed by atoms with E-state index in [-0.39, 0.29) is 21.2 Å². The van der Waals surface area contributed by atoms with E-state index >= 15 is 0 Å². The molecule has 1 unspecified atom stereocenters. The number of ether oxygens (including phenoxy) is 1. The van der Waals surface area contributed by atoms with Crippen LogP contribution >= 0.6 is 0 Å². The number of rotatable bonds is 6. The van der Waals surface area contributed by atoms with Crippen molar-refractivity contribution in [3.05, 3.63) is 11.1 Å². The van der Waals surface area contributed by atoms with E-state index < -0.39 is 0 Å². The zero-order valence-electron chi connectivity index (χ0n) is 13.9. The monoisotopic (exact) mass is 379 g/mol. The standard InChI is InChI=1S/C17H32IO/c1-8-17(6,7)18-9-10-19-15-11-13(2)14(3)16(4,5)12-15/h15H,8-12H2,1-7H3/q-1. The summed E-state index contributed by atoms with van der Waals surface area (Å²) in [4.78, 5) is 0. The number of alkyl halides is 2. The molecule has 0 N–H and O–H groups in total. The molecule has 0 saturated heterocycles. The molecule has 19 heavy (non-hydrogen) atoms. The Hall–Kier alpha value is 0.430. The normalized spacial score (nSPS) is 24.1. The Morgan fingerprint density at radius 1 is 1.32 bits per heavy atom. The third kappa shape index (κ3) is 5.37. The van der Waals surface area contributed by atoms with Crippen molar-refractivity contribution in [2.75, 3.05) is 11.0 Å². The van der Waals surface area contributed by atoms with Gasteiger partial charge in [0.15, 0.2) is 0 Å². The fraction of sp³-hybridized carbons (Fsp3) is 0.882. The van der Waals surface area contributed by atoms with Gasteiger partial charge in [-0.15, -0.1) is 0 Å². The summed E-state index contributed by atoms with van der Waals surface area (Å²) in [6, 6.07) is 0. The minimum absolute atomic E-state index is 0.268. The van der Waals surface area contributed by atoms with E-state index in [1.54, 1.807) is 11.1 Å². The summed E-state index contributed by atoms with van der Waals surface area (Å²) < 4.78 is 8.06. The Morgan fingerprint density at radius 3 is 2.47 bits per heavy atom. The molecule has 0 aromatic carbocycles. The summed E-state index contributed by atoms with van der Waals surface area (Å²) in [5.41, 5.74) is 3.45. The molecule has 1 atom stereocenters. The molecule has 0 aromatic rings. The average Bonchev–Trinajstić information content (AvgIpc) is 2.31. The van der Waals surface area contributed by atoms with Gasteiger partial charge in [0.05, 0.1) is 0 Å². The molecule has 0 saturated carbocycles. The second kappa shape index (κ2) is 6.93. The Labute approximate surface area is 130 Å². The summed E-state index contributed by atoms with van der Waals surface area (Å²) >= 11 is 0.268. The van der Waals surface area contributed by atoms with Crippen LogP contribution in [0.15, 0.2) is 11.1 Å². The van der Waals surface area contributed by atoms with E-state index in [0.29, 0.717) is 14.9 Å². The predicted molar refractivity (Wildman–Crippen MR) is 80.4 cm³/mol. The van der Waals surface area contributed by atoms with Crippen molar-refractivity contribution in [2.45, 2.75) is 77.3 Å². The van der Waals surface area contributed by atoms with Crippen LogP contribution in [-0.4, -0.2) is 20.6 Å². The van der Waals surface area contributed by atoms with E-state index in [1.807, 2.05) is 0 Å². The molecule has 0 amide bonds. The summed E-state index contributed by atoms with van der Waals surface area (Å²) in [7, 11) is 0. The third-order valence-corrected chi connectivity index (χ3v) is 8.46. The molecule has 0 spiro atoms. The minimum atomic E-state index is 0.268. The zero-order chi connectivity index (χ0) is 14.7. The molecule has 0 bridgehead atoms. The Bertz CT molecular complexity index is 328. The Balaban J connectivity index is 2.37. The number of allylic oxidation sites excluding steroid dienone is 1. The molecular weight excluding hydrogens is 347 g/mol. The molecule has 1 aliphatic carbocycles. The topological polar surface area (TPSA) is 9.23 Å². The molecule has 0 aromatic heterocycles. The molecular formula is C17H32IO-. The Morgan fingerprint density at radius 2 is 1.95 bits per heavy atom. The molecule has 1 rings (SSSR count). The number of hydrogen-bond acceptors (Lipinski definition) is 1. The van der Waals surface area contributed by atoms with Crippen molar-refractivity contribution in [3.8, 4) is 0 Å². The van der Waals surface area contributed by atoms with E-state index in [0.717, 1.165) is 13.0 Å². The van der Waals surface area contributed by atoms with E-state index in [1.165, 1.54) is 17.3 Å². The molecule has 0 aliphatic heterocycles. The molecule has 114 valence electrons. The van der Waals surface area contributed by atoms with Crippen molar-refractivity contribution in [2.24, 2.45) is 5.41 Å². The first-order chi connectivity index (χ1) is 8.68. The van der Waals surface area contributed by atoms with Crippen molar-refractivity contribution < 1.29 is 25.9 Å². The fourth-order valence-corrected chi connectivity index (χ4v) is 5.06. The first-order valence-electron chi connectivity index (χ1n) is 7.56. The van der Waals surface area contributed by atoms with Gasteiger partial charge < -0.3 is 0 Å². The number of halogens is 1. The molecule has 0 radical (unpaired) electrons. The van der Waals surface area contributed by atoms with Crippen LogP contribution in [0.4, 0.5) is 0 Å². The summed E-state index contributed by atoms with van der Waals surface area (Å²) in [5, 5.41) is 0. The van der Waals surface area contributed by atoms with Crippen molar-refractivity contribution in [1.82, 2.24) is 0 Å². The van der Waals surface area contributed by atoms with Crippen LogP contribution in [0.3, 0.4) is 0 Å². The fourth-order valence-electron chi connectivity index (χ4n) is 2.58. The zero-order valence-corrected chi connectivity index (χ0v) is 16.1. The van der Waals surface area contributed by atoms with Crippen LogP contribution in [0.1, 0.15) is 67.7 Å². The summed E-state index contributed by atoms with van der Waals surface area (Å²) in [5.74, 6) is 0. The maximum atomic E-state index is 6.17. The quantitative estimate of drug-likeness (QED) is 0.296. The van der Waals surface area contributed by atoms with E-state index in [9.17, 15) is 0 Å². The van der Waals surface area contributed by atoms with Crippen LogP contribution in [0.5, 0.6) is 0 Å². The second-order valence-corrected chi connectivity index (χ2v) is 11.8.